The zero-order valence-electron chi connectivity index (χ0n) is 10.9. The molecule has 3 heteroatoms. The van der Waals surface area contributed by atoms with Crippen molar-refractivity contribution in [2.45, 2.75) is 39.3 Å². The quantitative estimate of drug-likeness (QED) is 0.623. The van der Waals surface area contributed by atoms with Crippen LogP contribution in [0.15, 0.2) is 18.2 Å². The van der Waals surface area contributed by atoms with Gasteiger partial charge in [0.25, 0.3) is 0 Å². The van der Waals surface area contributed by atoms with E-state index >= 15 is 0 Å². The maximum atomic E-state index is 5.72. The maximum Gasteiger partial charge on any atom is 0.0551 e. The molecule has 17 heavy (non-hydrogen) atoms. The van der Waals surface area contributed by atoms with Gasteiger partial charge < -0.3 is 4.74 Å². The highest BCUT2D eigenvalue weighted by Crippen LogP contribution is 2.31. The zero-order valence-corrected chi connectivity index (χ0v) is 10.9. The molecule has 0 bridgehead atoms. The Labute approximate surface area is 103 Å². The second kappa shape index (κ2) is 5.17. The van der Waals surface area contributed by atoms with Crippen LogP contribution in [0.5, 0.6) is 0 Å². The molecular formula is C14H22N2O. The summed E-state index contributed by atoms with van der Waals surface area (Å²) >= 11 is 0. The lowest BCUT2D eigenvalue weighted by atomic mass is 9.90. The first-order valence-corrected chi connectivity index (χ1v) is 6.26. The van der Waals surface area contributed by atoms with E-state index in [1.54, 1.807) is 0 Å². The van der Waals surface area contributed by atoms with Gasteiger partial charge in [-0.1, -0.05) is 29.3 Å². The van der Waals surface area contributed by atoms with Crippen LogP contribution in [0.3, 0.4) is 0 Å². The van der Waals surface area contributed by atoms with Crippen LogP contribution in [0, 0.1) is 19.8 Å². The summed E-state index contributed by atoms with van der Waals surface area (Å²) in [7, 11) is 0. The molecular weight excluding hydrogens is 212 g/mol. The van der Waals surface area contributed by atoms with Crippen LogP contribution in [0.1, 0.15) is 36.1 Å². The SMILES string of the molecule is Cc1cc(C)cc(C(NN)C2COC(C)C2)c1. The Hall–Kier alpha value is -0.900. The summed E-state index contributed by atoms with van der Waals surface area (Å²) in [5.41, 5.74) is 6.80. The second-order valence-electron chi connectivity index (χ2n) is 5.21. The van der Waals surface area contributed by atoms with Gasteiger partial charge >= 0.3 is 0 Å². The molecule has 0 aromatic heterocycles. The summed E-state index contributed by atoms with van der Waals surface area (Å²) < 4.78 is 5.63. The Bertz CT molecular complexity index is 372. The number of hydrogen-bond donors (Lipinski definition) is 2. The third-order valence-corrected chi connectivity index (χ3v) is 3.48. The van der Waals surface area contributed by atoms with Crippen molar-refractivity contribution in [1.29, 1.82) is 0 Å². The lowest BCUT2D eigenvalue weighted by Gasteiger charge is -2.23. The van der Waals surface area contributed by atoms with E-state index in [2.05, 4.69) is 44.4 Å². The summed E-state index contributed by atoms with van der Waals surface area (Å²) in [4.78, 5) is 0. The molecule has 3 atom stereocenters. The van der Waals surface area contributed by atoms with E-state index < -0.39 is 0 Å². The third kappa shape index (κ3) is 2.86. The lowest BCUT2D eigenvalue weighted by Crippen LogP contribution is -2.34. The molecule has 2 rings (SSSR count). The molecule has 3 unspecified atom stereocenters. The van der Waals surface area contributed by atoms with Gasteiger partial charge in [0.05, 0.1) is 18.8 Å². The summed E-state index contributed by atoms with van der Waals surface area (Å²) in [6.45, 7) is 7.16. The highest BCUT2D eigenvalue weighted by atomic mass is 16.5. The molecule has 1 aromatic rings. The standard InChI is InChI=1S/C14H22N2O/c1-9-4-10(2)6-12(5-9)14(16-15)13-7-11(3)17-8-13/h4-6,11,13-14,16H,7-8,15H2,1-3H3. The summed E-state index contributed by atoms with van der Waals surface area (Å²) in [5, 5.41) is 0. The van der Waals surface area contributed by atoms with Crippen LogP contribution in [0.4, 0.5) is 0 Å². The maximum absolute atomic E-state index is 5.72. The van der Waals surface area contributed by atoms with E-state index in [-0.39, 0.29) is 6.04 Å². The average molecular weight is 234 g/mol. The van der Waals surface area contributed by atoms with Crippen molar-refractivity contribution in [3.8, 4) is 0 Å². The molecule has 1 aliphatic rings. The molecule has 0 radical (unpaired) electrons. The minimum atomic E-state index is 0.193. The van der Waals surface area contributed by atoms with Crippen molar-refractivity contribution in [2.75, 3.05) is 6.61 Å². The van der Waals surface area contributed by atoms with Crippen molar-refractivity contribution in [3.63, 3.8) is 0 Å². The van der Waals surface area contributed by atoms with Crippen LogP contribution in [0.2, 0.25) is 0 Å². The van der Waals surface area contributed by atoms with E-state index in [1.165, 1.54) is 16.7 Å². The van der Waals surface area contributed by atoms with E-state index in [0.717, 1.165) is 13.0 Å². The summed E-state index contributed by atoms with van der Waals surface area (Å²) in [6, 6.07) is 6.80. The average Bonchev–Trinajstić information content (AvgIpc) is 2.64. The molecule has 1 aliphatic heterocycles. The molecule has 3 N–H and O–H groups in total. The van der Waals surface area contributed by atoms with Crippen LogP contribution >= 0.6 is 0 Å². The second-order valence-corrected chi connectivity index (χ2v) is 5.21. The third-order valence-electron chi connectivity index (χ3n) is 3.48. The van der Waals surface area contributed by atoms with Gasteiger partial charge in [0, 0.05) is 5.92 Å². The Morgan fingerprint density at radius 1 is 1.29 bits per heavy atom. The molecule has 1 aromatic carbocycles. The first-order valence-electron chi connectivity index (χ1n) is 6.26. The van der Waals surface area contributed by atoms with E-state index in [1.807, 2.05) is 0 Å². The van der Waals surface area contributed by atoms with E-state index in [0.29, 0.717) is 12.0 Å². The first-order chi connectivity index (χ1) is 8.10. The smallest absolute Gasteiger partial charge is 0.0551 e. The molecule has 1 heterocycles. The molecule has 94 valence electrons. The highest BCUT2D eigenvalue weighted by Gasteiger charge is 2.30. The fourth-order valence-corrected chi connectivity index (χ4v) is 2.78. The number of hydrogen-bond acceptors (Lipinski definition) is 3. The number of nitrogens with two attached hydrogens (primary N) is 1. The number of ether oxygens (including phenoxy) is 1. The van der Waals surface area contributed by atoms with E-state index in [4.69, 9.17) is 10.6 Å². The van der Waals surface area contributed by atoms with Crippen LogP contribution < -0.4 is 11.3 Å². The van der Waals surface area contributed by atoms with Gasteiger partial charge in [0.1, 0.15) is 0 Å². The highest BCUT2D eigenvalue weighted by molar-refractivity contribution is 5.31. The fraction of sp³-hybridized carbons (Fsp3) is 0.571. The number of hydrazine groups is 1. The Morgan fingerprint density at radius 3 is 2.41 bits per heavy atom. The van der Waals surface area contributed by atoms with Crippen LogP contribution in [-0.4, -0.2) is 12.7 Å². The molecule has 1 saturated heterocycles. The van der Waals surface area contributed by atoms with Crippen LogP contribution in [-0.2, 0) is 4.74 Å². The number of rotatable bonds is 3. The predicted octanol–water partition coefficient (Wildman–Crippen LogP) is 2.23. The van der Waals surface area contributed by atoms with Crippen molar-refractivity contribution >= 4 is 0 Å². The molecule has 3 nitrogen and oxygen atoms in total. The Kier molecular flexibility index (Phi) is 3.82. The first kappa shape index (κ1) is 12.6. The van der Waals surface area contributed by atoms with Crippen molar-refractivity contribution < 1.29 is 4.74 Å². The van der Waals surface area contributed by atoms with Crippen molar-refractivity contribution in [3.05, 3.63) is 34.9 Å². The normalized spacial score (nSPS) is 26.1. The van der Waals surface area contributed by atoms with Gasteiger partial charge in [0.2, 0.25) is 0 Å². The minimum absolute atomic E-state index is 0.193. The summed E-state index contributed by atoms with van der Waals surface area (Å²) in [5.74, 6) is 6.19. The summed E-state index contributed by atoms with van der Waals surface area (Å²) in [6.07, 6.45) is 1.42. The molecule has 0 saturated carbocycles. The predicted molar refractivity (Wildman–Crippen MR) is 69.5 cm³/mol. The van der Waals surface area contributed by atoms with Crippen LogP contribution in [0.25, 0.3) is 0 Å². The molecule has 0 aliphatic carbocycles. The van der Waals surface area contributed by atoms with E-state index in [9.17, 15) is 0 Å². The zero-order chi connectivity index (χ0) is 12.4. The number of nitrogens with one attached hydrogen (secondary N) is 1. The largest absolute Gasteiger partial charge is 0.378 e. The Balaban J connectivity index is 2.22. The van der Waals surface area contributed by atoms with Crippen molar-refractivity contribution in [1.82, 2.24) is 5.43 Å². The minimum Gasteiger partial charge on any atom is -0.378 e. The lowest BCUT2D eigenvalue weighted by molar-refractivity contribution is 0.117. The number of aryl methyl sites for hydroxylation is 2. The monoisotopic (exact) mass is 234 g/mol. The van der Waals surface area contributed by atoms with Gasteiger partial charge in [-0.3, -0.25) is 11.3 Å². The molecule has 0 amide bonds. The van der Waals surface area contributed by atoms with Gasteiger partial charge in [-0.05, 0) is 32.8 Å². The van der Waals surface area contributed by atoms with Gasteiger partial charge in [-0.2, -0.15) is 0 Å². The molecule has 1 fully saturated rings. The van der Waals surface area contributed by atoms with Gasteiger partial charge in [0.15, 0.2) is 0 Å². The van der Waals surface area contributed by atoms with Gasteiger partial charge in [-0.15, -0.1) is 0 Å². The van der Waals surface area contributed by atoms with Crippen molar-refractivity contribution in [2.24, 2.45) is 11.8 Å². The van der Waals surface area contributed by atoms with Gasteiger partial charge in [-0.25, -0.2) is 0 Å². The number of benzene rings is 1. The topological polar surface area (TPSA) is 47.3 Å². The molecule has 0 spiro atoms. The Morgan fingerprint density at radius 2 is 1.94 bits per heavy atom. The fourth-order valence-electron chi connectivity index (χ4n) is 2.78.